The minimum Gasteiger partial charge on any atom is -0.508 e. The third kappa shape index (κ3) is 16.2. The number of aromatic hydroxyl groups is 2. The number of rotatable bonds is 18. The number of benzene rings is 2. The molecule has 0 aromatic heterocycles. The normalized spacial score (nSPS) is 10.8. The van der Waals surface area contributed by atoms with E-state index < -0.39 is 0 Å². The summed E-state index contributed by atoms with van der Waals surface area (Å²) in [6.45, 7) is 6.41. The summed E-state index contributed by atoms with van der Waals surface area (Å²) in [5.74, 6) is 0.632. The van der Waals surface area contributed by atoms with Crippen molar-refractivity contribution in [1.82, 2.24) is 0 Å². The van der Waals surface area contributed by atoms with E-state index in [0.717, 1.165) is 27.3 Å². The molecule has 0 saturated heterocycles. The molecule has 0 radical (unpaired) electrons. The lowest BCUT2D eigenvalue weighted by molar-refractivity contribution is 0.282. The second-order valence-corrected chi connectivity index (χ2v) is 11.2. The van der Waals surface area contributed by atoms with E-state index in [4.69, 9.17) is 5.11 Å². The Bertz CT molecular complexity index is 740. The molecule has 0 heterocycles. The van der Waals surface area contributed by atoms with Crippen LogP contribution in [0.4, 0.5) is 0 Å². The average Bonchev–Trinajstić information content (AvgIpc) is 2.86. The predicted octanol–water partition coefficient (Wildman–Crippen LogP) is 10.1. The Balaban J connectivity index is 0.000000361. The summed E-state index contributed by atoms with van der Waals surface area (Å²) >= 11 is 1.61. The van der Waals surface area contributed by atoms with Crippen LogP contribution in [0.1, 0.15) is 121 Å². The van der Waals surface area contributed by atoms with Crippen LogP contribution in [0, 0.1) is 13.8 Å². The van der Waals surface area contributed by atoms with Crippen LogP contribution in [0.2, 0.25) is 0 Å². The van der Waals surface area contributed by atoms with Crippen molar-refractivity contribution in [3.05, 3.63) is 47.5 Å². The standard InChI is InChI=1S/C18H38O.C14H14O2S/c1-2-3-4-5-6-7-8-9-10-11-12-13-14-15-16-17-18-19;1-9-7-11(3-5-13(9)15)17-12-4-6-14(16)10(2)8-12/h19H,2-18H2,1H3;3-8,15-16H,1-2H3. The molecule has 0 aliphatic rings. The van der Waals surface area contributed by atoms with E-state index in [1.165, 1.54) is 96.3 Å². The zero-order valence-electron chi connectivity index (χ0n) is 23.2. The van der Waals surface area contributed by atoms with Gasteiger partial charge < -0.3 is 15.3 Å². The Morgan fingerprint density at radius 2 is 0.861 bits per heavy atom. The third-order valence-corrected chi connectivity index (χ3v) is 7.56. The first kappa shape index (κ1) is 32.4. The Labute approximate surface area is 225 Å². The number of phenolic OH excluding ortho intramolecular Hbond substituents is 2. The highest BCUT2D eigenvalue weighted by Crippen LogP contribution is 2.32. The molecule has 0 spiro atoms. The summed E-state index contributed by atoms with van der Waals surface area (Å²) in [4.78, 5) is 2.15. The lowest BCUT2D eigenvalue weighted by Gasteiger charge is -2.06. The largest absolute Gasteiger partial charge is 0.508 e. The molecule has 2 rings (SSSR count). The Hall–Kier alpha value is -1.65. The van der Waals surface area contributed by atoms with Crippen molar-refractivity contribution in [2.45, 2.75) is 133 Å². The van der Waals surface area contributed by atoms with Crippen LogP contribution >= 0.6 is 11.8 Å². The fourth-order valence-electron chi connectivity index (χ4n) is 4.18. The molecule has 0 saturated carbocycles. The first-order chi connectivity index (χ1) is 17.5. The number of aliphatic hydroxyl groups is 1. The molecular weight excluding hydrogens is 464 g/mol. The summed E-state index contributed by atoms with van der Waals surface area (Å²) in [7, 11) is 0. The van der Waals surface area contributed by atoms with E-state index in [9.17, 15) is 10.2 Å². The van der Waals surface area contributed by atoms with Gasteiger partial charge in [0.2, 0.25) is 0 Å². The van der Waals surface area contributed by atoms with E-state index in [-0.39, 0.29) is 0 Å². The van der Waals surface area contributed by atoms with E-state index in [0.29, 0.717) is 18.1 Å². The van der Waals surface area contributed by atoms with E-state index in [1.54, 1.807) is 23.9 Å². The molecule has 0 amide bonds. The molecule has 0 fully saturated rings. The number of hydrogen-bond acceptors (Lipinski definition) is 4. The average molecular weight is 517 g/mol. The number of aliphatic hydroxyl groups excluding tert-OH is 1. The van der Waals surface area contributed by atoms with Gasteiger partial charge in [-0.15, -0.1) is 0 Å². The van der Waals surface area contributed by atoms with Gasteiger partial charge in [-0.3, -0.25) is 0 Å². The van der Waals surface area contributed by atoms with E-state index in [1.807, 2.05) is 38.1 Å². The summed E-state index contributed by atoms with van der Waals surface area (Å²) in [5.41, 5.74) is 1.73. The van der Waals surface area contributed by atoms with Gasteiger partial charge >= 0.3 is 0 Å². The van der Waals surface area contributed by atoms with Crippen LogP contribution in [0.15, 0.2) is 46.2 Å². The molecular formula is C32H52O3S. The lowest BCUT2D eigenvalue weighted by Crippen LogP contribution is -1.85. The quantitative estimate of drug-likeness (QED) is 0.172. The first-order valence-electron chi connectivity index (χ1n) is 14.4. The molecule has 0 atom stereocenters. The van der Waals surface area contributed by atoms with E-state index >= 15 is 0 Å². The smallest absolute Gasteiger partial charge is 0.118 e. The fraction of sp³-hybridized carbons (Fsp3) is 0.625. The molecule has 2 aromatic carbocycles. The minimum absolute atomic E-state index is 0.316. The van der Waals surface area contributed by atoms with Gasteiger partial charge in [-0.25, -0.2) is 0 Å². The maximum absolute atomic E-state index is 9.45. The number of aryl methyl sites for hydroxylation is 2. The first-order valence-corrected chi connectivity index (χ1v) is 15.2. The van der Waals surface area contributed by atoms with Gasteiger partial charge in [-0.2, -0.15) is 0 Å². The van der Waals surface area contributed by atoms with Crippen molar-refractivity contribution >= 4 is 11.8 Å². The van der Waals surface area contributed by atoms with Crippen LogP contribution in [0.5, 0.6) is 11.5 Å². The molecule has 4 heteroatoms. The van der Waals surface area contributed by atoms with Gasteiger partial charge in [0.15, 0.2) is 0 Å². The van der Waals surface area contributed by atoms with Crippen molar-refractivity contribution < 1.29 is 15.3 Å². The van der Waals surface area contributed by atoms with Crippen LogP contribution in [-0.2, 0) is 0 Å². The highest BCUT2D eigenvalue weighted by Gasteiger charge is 2.03. The Morgan fingerprint density at radius 3 is 1.17 bits per heavy atom. The zero-order chi connectivity index (χ0) is 26.4. The maximum atomic E-state index is 9.45. The summed E-state index contributed by atoms with van der Waals surface area (Å²) in [5, 5.41) is 27.6. The molecule has 0 aliphatic carbocycles. The van der Waals surface area contributed by atoms with Crippen molar-refractivity contribution in [2.24, 2.45) is 0 Å². The van der Waals surface area contributed by atoms with Gasteiger partial charge in [0.1, 0.15) is 11.5 Å². The van der Waals surface area contributed by atoms with Gasteiger partial charge in [0.05, 0.1) is 0 Å². The highest BCUT2D eigenvalue weighted by atomic mass is 32.2. The lowest BCUT2D eigenvalue weighted by atomic mass is 10.0. The Kier molecular flexibility index (Phi) is 19.3. The van der Waals surface area contributed by atoms with Gasteiger partial charge in [-0.05, 0) is 67.8 Å². The summed E-state index contributed by atoms with van der Waals surface area (Å²) in [6.07, 6.45) is 22.2. The molecule has 36 heavy (non-hydrogen) atoms. The van der Waals surface area contributed by atoms with Gasteiger partial charge in [0.25, 0.3) is 0 Å². The molecule has 204 valence electrons. The molecule has 2 aromatic rings. The van der Waals surface area contributed by atoms with Crippen LogP contribution in [0.3, 0.4) is 0 Å². The molecule has 0 aliphatic heterocycles. The minimum atomic E-state index is 0.316. The second-order valence-electron chi connectivity index (χ2n) is 10.0. The topological polar surface area (TPSA) is 60.7 Å². The fourth-order valence-corrected chi connectivity index (χ4v) is 5.19. The zero-order valence-corrected chi connectivity index (χ0v) is 24.1. The van der Waals surface area contributed by atoms with Crippen LogP contribution < -0.4 is 0 Å². The van der Waals surface area contributed by atoms with Crippen molar-refractivity contribution in [3.63, 3.8) is 0 Å². The molecule has 0 unspecified atom stereocenters. The number of unbranched alkanes of at least 4 members (excludes halogenated alkanes) is 15. The highest BCUT2D eigenvalue weighted by molar-refractivity contribution is 7.99. The predicted molar refractivity (Wildman–Crippen MR) is 156 cm³/mol. The molecule has 0 bridgehead atoms. The summed E-state index contributed by atoms with van der Waals surface area (Å²) in [6, 6.07) is 11.1. The molecule has 3 N–H and O–H groups in total. The van der Waals surface area contributed by atoms with E-state index in [2.05, 4.69) is 6.92 Å². The van der Waals surface area contributed by atoms with Crippen molar-refractivity contribution in [3.8, 4) is 11.5 Å². The number of phenols is 2. The van der Waals surface area contributed by atoms with Crippen LogP contribution in [0.25, 0.3) is 0 Å². The van der Waals surface area contributed by atoms with Crippen molar-refractivity contribution in [2.75, 3.05) is 6.61 Å². The Morgan fingerprint density at radius 1 is 0.528 bits per heavy atom. The maximum Gasteiger partial charge on any atom is 0.118 e. The van der Waals surface area contributed by atoms with Crippen molar-refractivity contribution in [1.29, 1.82) is 0 Å². The molecule has 3 nitrogen and oxygen atoms in total. The van der Waals surface area contributed by atoms with Crippen LogP contribution in [-0.4, -0.2) is 21.9 Å². The number of hydrogen-bond donors (Lipinski definition) is 3. The SMILES string of the molecule is CCCCCCCCCCCCCCCCCCO.Cc1cc(Sc2ccc(O)c(C)c2)ccc1O. The van der Waals surface area contributed by atoms with Gasteiger partial charge in [-0.1, -0.05) is 115 Å². The monoisotopic (exact) mass is 516 g/mol. The third-order valence-electron chi connectivity index (χ3n) is 6.58. The second kappa shape index (κ2) is 21.4. The summed E-state index contributed by atoms with van der Waals surface area (Å²) < 4.78 is 0. The van der Waals surface area contributed by atoms with Gasteiger partial charge in [0, 0.05) is 16.4 Å².